The predicted molar refractivity (Wildman–Crippen MR) is 115 cm³/mol. The van der Waals surface area contributed by atoms with Gasteiger partial charge in [-0.2, -0.15) is 26.3 Å². The molecule has 0 aliphatic rings. The van der Waals surface area contributed by atoms with Crippen molar-refractivity contribution >= 4 is 11.0 Å². The number of nitrogens with zero attached hydrogens (tertiary/aromatic N) is 1. The van der Waals surface area contributed by atoms with Crippen molar-refractivity contribution in [1.29, 1.82) is 0 Å². The van der Waals surface area contributed by atoms with Crippen molar-refractivity contribution in [2.24, 2.45) is 5.73 Å². The van der Waals surface area contributed by atoms with Crippen LogP contribution in [0, 0.1) is 5.82 Å². The summed E-state index contributed by atoms with van der Waals surface area (Å²) >= 11 is 0. The van der Waals surface area contributed by atoms with Crippen LogP contribution in [0.3, 0.4) is 0 Å². The Morgan fingerprint density at radius 3 is 2.11 bits per heavy atom. The van der Waals surface area contributed by atoms with Gasteiger partial charge in [0.1, 0.15) is 11.5 Å². The lowest BCUT2D eigenvalue weighted by atomic mass is 9.95. The van der Waals surface area contributed by atoms with Crippen LogP contribution in [0.5, 0.6) is 5.75 Å². The SMILES string of the molecule is CC(C)(C)S(=O)NCc1cc([C@@](O)(CN)C(F)(F)F)nc(-c2ccc(F)cc2)c1OCC(F)(F)F. The lowest BCUT2D eigenvalue weighted by molar-refractivity contribution is -0.263. The molecule has 6 nitrogen and oxygen atoms in total. The molecule has 0 radical (unpaired) electrons. The van der Waals surface area contributed by atoms with Crippen molar-refractivity contribution < 1.29 is 44.8 Å². The fraction of sp³-hybridized carbons (Fsp3) is 0.476. The number of pyridine rings is 1. The summed E-state index contributed by atoms with van der Waals surface area (Å²) in [6, 6.07) is 4.67. The number of rotatable bonds is 8. The molecule has 0 saturated carbocycles. The zero-order valence-corrected chi connectivity index (χ0v) is 19.7. The molecule has 1 aromatic heterocycles. The summed E-state index contributed by atoms with van der Waals surface area (Å²) in [6.07, 6.45) is -10.1. The number of ether oxygens (including phenoxy) is 1. The summed E-state index contributed by atoms with van der Waals surface area (Å²) in [5.41, 5.74) is -0.407. The summed E-state index contributed by atoms with van der Waals surface area (Å²) in [7, 11) is -1.78. The molecule has 1 heterocycles. The summed E-state index contributed by atoms with van der Waals surface area (Å²) in [4.78, 5) is 3.75. The predicted octanol–water partition coefficient (Wildman–Crippen LogP) is 4.09. The molecule has 2 rings (SSSR count). The number of hydrogen-bond donors (Lipinski definition) is 3. The van der Waals surface area contributed by atoms with Crippen molar-refractivity contribution in [2.45, 2.75) is 50.0 Å². The number of nitrogens with two attached hydrogens (primary N) is 1. The van der Waals surface area contributed by atoms with Gasteiger partial charge in [0, 0.05) is 24.2 Å². The van der Waals surface area contributed by atoms with Gasteiger partial charge < -0.3 is 15.6 Å². The minimum atomic E-state index is -5.30. The third-order valence-electron chi connectivity index (χ3n) is 4.69. The van der Waals surface area contributed by atoms with Crippen LogP contribution in [-0.4, -0.2) is 44.6 Å². The Bertz CT molecular complexity index is 1050. The smallest absolute Gasteiger partial charge is 0.424 e. The van der Waals surface area contributed by atoms with Gasteiger partial charge in [0.15, 0.2) is 12.4 Å². The minimum Gasteiger partial charge on any atom is -0.481 e. The molecule has 1 unspecified atom stereocenters. The van der Waals surface area contributed by atoms with E-state index in [2.05, 4.69) is 9.71 Å². The van der Waals surface area contributed by atoms with Crippen LogP contribution < -0.4 is 15.2 Å². The van der Waals surface area contributed by atoms with E-state index in [1.165, 1.54) is 0 Å². The van der Waals surface area contributed by atoms with Crippen molar-refractivity contribution in [1.82, 2.24) is 9.71 Å². The average Bonchev–Trinajstić information content (AvgIpc) is 2.73. The lowest BCUT2D eigenvalue weighted by Gasteiger charge is -2.30. The maximum absolute atomic E-state index is 13.7. The van der Waals surface area contributed by atoms with E-state index in [9.17, 15) is 40.0 Å². The van der Waals surface area contributed by atoms with Gasteiger partial charge in [-0.1, -0.05) is 0 Å². The van der Waals surface area contributed by atoms with Gasteiger partial charge in [-0.25, -0.2) is 18.3 Å². The van der Waals surface area contributed by atoms with Crippen LogP contribution in [0.1, 0.15) is 32.0 Å². The highest BCUT2D eigenvalue weighted by Crippen LogP contribution is 2.41. The van der Waals surface area contributed by atoms with Crippen LogP contribution in [0.4, 0.5) is 30.7 Å². The average molecular weight is 531 g/mol. The van der Waals surface area contributed by atoms with Gasteiger partial charge in [-0.3, -0.25) is 0 Å². The van der Waals surface area contributed by atoms with Crippen molar-refractivity contribution in [3.8, 4) is 17.0 Å². The maximum atomic E-state index is 13.7. The molecular formula is C21H24F7N3O3S. The molecule has 0 aliphatic carbocycles. The Kier molecular flexibility index (Phi) is 8.57. The number of halogens is 7. The molecule has 0 amide bonds. The minimum absolute atomic E-state index is 0.0924. The van der Waals surface area contributed by atoms with Crippen molar-refractivity contribution in [2.75, 3.05) is 13.2 Å². The molecule has 0 spiro atoms. The summed E-state index contributed by atoms with van der Waals surface area (Å²) in [6.45, 7) is 1.09. The van der Waals surface area contributed by atoms with Gasteiger partial charge in [0.2, 0.25) is 5.60 Å². The second-order valence-corrected chi connectivity index (χ2v) is 10.6. The molecule has 2 aromatic rings. The quantitative estimate of drug-likeness (QED) is 0.446. The summed E-state index contributed by atoms with van der Waals surface area (Å²) < 4.78 is 112. The molecule has 0 saturated heterocycles. The van der Waals surface area contributed by atoms with Gasteiger partial charge in [-0.15, -0.1) is 0 Å². The van der Waals surface area contributed by atoms with Crippen molar-refractivity contribution in [3.63, 3.8) is 0 Å². The van der Waals surface area contributed by atoms with E-state index in [1.807, 2.05) is 0 Å². The first-order valence-corrected chi connectivity index (χ1v) is 11.2. The zero-order valence-electron chi connectivity index (χ0n) is 18.9. The largest absolute Gasteiger partial charge is 0.481 e. The van der Waals surface area contributed by atoms with Crippen LogP contribution in [-0.2, 0) is 23.1 Å². The molecule has 0 aliphatic heterocycles. The van der Waals surface area contributed by atoms with E-state index in [-0.39, 0.29) is 11.1 Å². The molecule has 196 valence electrons. The molecule has 14 heteroatoms. The molecule has 1 aromatic carbocycles. The highest BCUT2D eigenvalue weighted by molar-refractivity contribution is 7.84. The highest BCUT2D eigenvalue weighted by Gasteiger charge is 2.55. The molecule has 0 bridgehead atoms. The first-order chi connectivity index (χ1) is 15.9. The summed E-state index contributed by atoms with van der Waals surface area (Å²) in [5.74, 6) is -1.31. The van der Waals surface area contributed by atoms with Crippen LogP contribution >= 0.6 is 0 Å². The number of alkyl halides is 6. The third kappa shape index (κ3) is 7.12. The van der Waals surface area contributed by atoms with Crippen LogP contribution in [0.25, 0.3) is 11.3 Å². The summed E-state index contributed by atoms with van der Waals surface area (Å²) in [5, 5.41) is 10.4. The topological polar surface area (TPSA) is 97.5 Å². The molecule has 35 heavy (non-hydrogen) atoms. The van der Waals surface area contributed by atoms with Gasteiger partial charge in [0.25, 0.3) is 0 Å². The first kappa shape index (κ1) is 28.9. The van der Waals surface area contributed by atoms with E-state index in [4.69, 9.17) is 10.5 Å². The fourth-order valence-electron chi connectivity index (χ4n) is 2.77. The molecule has 2 atom stereocenters. The van der Waals surface area contributed by atoms with E-state index < -0.39 is 76.3 Å². The number of aliphatic hydroxyl groups is 1. The van der Waals surface area contributed by atoms with Crippen LogP contribution in [0.2, 0.25) is 0 Å². The number of benzene rings is 1. The number of nitrogens with one attached hydrogen (secondary N) is 1. The second-order valence-electron chi connectivity index (χ2n) is 8.52. The van der Waals surface area contributed by atoms with E-state index in [0.717, 1.165) is 24.3 Å². The maximum Gasteiger partial charge on any atom is 0.424 e. The Labute approximate surface area is 199 Å². The van der Waals surface area contributed by atoms with E-state index in [1.54, 1.807) is 20.8 Å². The van der Waals surface area contributed by atoms with Gasteiger partial charge >= 0.3 is 12.4 Å². The zero-order chi connectivity index (χ0) is 26.8. The fourth-order valence-corrected chi connectivity index (χ4v) is 3.49. The Morgan fingerprint density at radius 2 is 1.66 bits per heavy atom. The highest BCUT2D eigenvalue weighted by atomic mass is 32.2. The van der Waals surface area contributed by atoms with Crippen molar-refractivity contribution in [3.05, 3.63) is 47.4 Å². The third-order valence-corrected chi connectivity index (χ3v) is 6.20. The number of aromatic nitrogens is 1. The monoisotopic (exact) mass is 531 g/mol. The molecule has 0 fully saturated rings. The Balaban J connectivity index is 2.80. The number of hydrogen-bond acceptors (Lipinski definition) is 5. The van der Waals surface area contributed by atoms with Gasteiger partial charge in [0.05, 0.1) is 21.4 Å². The standard InChI is InChI=1S/C21H24F7N3O3S/c1-18(2,3)35(33)30-9-13-8-15(19(32,10-29)21(26,27)28)31-16(12-4-6-14(22)7-5-12)17(13)34-11-20(23,24)25/h4-8,30,32H,9-11,29H2,1-3H3/t19-,35?/m0/s1. The normalized spacial score (nSPS) is 15.5. The molecular weight excluding hydrogens is 507 g/mol. The van der Waals surface area contributed by atoms with Crippen LogP contribution in [0.15, 0.2) is 30.3 Å². The van der Waals surface area contributed by atoms with Gasteiger partial charge in [-0.05, 0) is 51.1 Å². The molecule has 4 N–H and O–H groups in total. The second kappa shape index (κ2) is 10.4. The van der Waals surface area contributed by atoms with E-state index in [0.29, 0.717) is 6.07 Å². The first-order valence-electron chi connectivity index (χ1n) is 10.0. The lowest BCUT2D eigenvalue weighted by Crippen LogP contribution is -2.49. The Hall–Kier alpha value is -2.29. The Morgan fingerprint density at radius 1 is 1.09 bits per heavy atom. The van der Waals surface area contributed by atoms with E-state index >= 15 is 0 Å².